The third kappa shape index (κ3) is 4.47. The van der Waals surface area contributed by atoms with Crippen molar-refractivity contribution >= 4 is 40.9 Å². The first-order valence-electron chi connectivity index (χ1n) is 6.63. The van der Waals surface area contributed by atoms with E-state index in [1.807, 2.05) is 0 Å². The molecular formula is C16H11Cl2NO5. The summed E-state index contributed by atoms with van der Waals surface area (Å²) in [7, 11) is 0. The Balaban J connectivity index is 2.31. The van der Waals surface area contributed by atoms with Gasteiger partial charge in [0.15, 0.2) is 0 Å². The molecule has 24 heavy (non-hydrogen) atoms. The number of aliphatic carboxylic acids is 1. The Morgan fingerprint density at radius 1 is 1.25 bits per heavy atom. The Bertz CT molecular complexity index is 800. The maximum atomic E-state index is 10.9. The van der Waals surface area contributed by atoms with Crippen molar-refractivity contribution in [1.29, 1.82) is 0 Å². The summed E-state index contributed by atoms with van der Waals surface area (Å²) < 4.78 is 5.62. The molecule has 1 N–H and O–H groups in total. The van der Waals surface area contributed by atoms with E-state index in [1.165, 1.54) is 24.3 Å². The van der Waals surface area contributed by atoms with Crippen molar-refractivity contribution in [3.05, 3.63) is 73.8 Å². The summed E-state index contributed by atoms with van der Waals surface area (Å²) in [5, 5.41) is 20.4. The third-order valence-electron chi connectivity index (χ3n) is 3.04. The SMILES string of the molecule is O=C(O)/C=C/c1cc([N+](=O)[O-])ccc1OCc1c(Cl)cccc1Cl. The van der Waals surface area contributed by atoms with E-state index < -0.39 is 10.9 Å². The fourth-order valence-electron chi connectivity index (χ4n) is 1.89. The molecule has 0 unspecified atom stereocenters. The van der Waals surface area contributed by atoms with Crippen molar-refractivity contribution in [2.45, 2.75) is 6.61 Å². The lowest BCUT2D eigenvalue weighted by atomic mass is 10.1. The van der Waals surface area contributed by atoms with Crippen molar-refractivity contribution in [2.75, 3.05) is 0 Å². The molecule has 0 spiro atoms. The summed E-state index contributed by atoms with van der Waals surface area (Å²) in [5.74, 6) is -0.907. The number of carboxylic acid groups (broad SMARTS) is 1. The highest BCUT2D eigenvalue weighted by atomic mass is 35.5. The number of nitro benzene ring substituents is 1. The van der Waals surface area contributed by atoms with Crippen LogP contribution in [-0.4, -0.2) is 16.0 Å². The number of nitro groups is 1. The van der Waals surface area contributed by atoms with Crippen molar-refractivity contribution in [3.63, 3.8) is 0 Å². The van der Waals surface area contributed by atoms with Gasteiger partial charge in [0, 0.05) is 39.4 Å². The maximum absolute atomic E-state index is 10.9. The molecule has 0 fully saturated rings. The second kappa shape index (κ2) is 7.81. The van der Waals surface area contributed by atoms with Crippen LogP contribution in [0.15, 0.2) is 42.5 Å². The molecule has 2 aromatic rings. The standard InChI is InChI=1S/C16H11Cl2NO5/c17-13-2-1-3-14(18)12(13)9-24-15-6-5-11(19(22)23)8-10(15)4-7-16(20)21/h1-8H,9H2,(H,20,21)/b7-4+. The summed E-state index contributed by atoms with van der Waals surface area (Å²) in [6, 6.07) is 8.90. The lowest BCUT2D eigenvalue weighted by molar-refractivity contribution is -0.384. The van der Waals surface area contributed by atoms with Crippen molar-refractivity contribution < 1.29 is 19.6 Å². The Kier molecular flexibility index (Phi) is 5.78. The van der Waals surface area contributed by atoms with Gasteiger partial charge in [-0.3, -0.25) is 10.1 Å². The molecule has 0 aliphatic heterocycles. The first kappa shape index (κ1) is 17.8. The minimum Gasteiger partial charge on any atom is -0.488 e. The van der Waals surface area contributed by atoms with Crippen molar-refractivity contribution in [3.8, 4) is 5.75 Å². The normalized spacial score (nSPS) is 10.8. The second-order valence-electron chi connectivity index (χ2n) is 4.64. The molecule has 0 bridgehead atoms. The van der Waals surface area contributed by atoms with Gasteiger partial charge in [-0.15, -0.1) is 0 Å². The van der Waals surface area contributed by atoms with E-state index in [-0.39, 0.29) is 23.6 Å². The van der Waals surface area contributed by atoms with Crippen LogP contribution in [0.25, 0.3) is 6.08 Å². The molecule has 0 atom stereocenters. The van der Waals surface area contributed by atoms with E-state index in [0.717, 1.165) is 6.08 Å². The Hall–Kier alpha value is -2.57. The van der Waals surface area contributed by atoms with E-state index in [9.17, 15) is 14.9 Å². The number of benzene rings is 2. The molecule has 0 heterocycles. The smallest absolute Gasteiger partial charge is 0.328 e. The molecule has 124 valence electrons. The number of ether oxygens (including phenoxy) is 1. The van der Waals surface area contributed by atoms with Crippen LogP contribution in [0.3, 0.4) is 0 Å². The molecule has 0 amide bonds. The van der Waals surface area contributed by atoms with Crippen LogP contribution in [0.2, 0.25) is 10.0 Å². The monoisotopic (exact) mass is 367 g/mol. The van der Waals surface area contributed by atoms with Gasteiger partial charge in [-0.2, -0.15) is 0 Å². The van der Waals surface area contributed by atoms with Gasteiger partial charge >= 0.3 is 5.97 Å². The molecule has 0 aliphatic carbocycles. The highest BCUT2D eigenvalue weighted by Gasteiger charge is 2.12. The zero-order chi connectivity index (χ0) is 17.7. The van der Waals surface area contributed by atoms with Gasteiger partial charge in [-0.25, -0.2) is 4.79 Å². The zero-order valence-corrected chi connectivity index (χ0v) is 13.6. The van der Waals surface area contributed by atoms with Gasteiger partial charge in [0.2, 0.25) is 0 Å². The van der Waals surface area contributed by atoms with Gasteiger partial charge < -0.3 is 9.84 Å². The summed E-state index contributed by atoms with van der Waals surface area (Å²) in [4.78, 5) is 21.0. The molecular weight excluding hydrogens is 357 g/mol. The Labute approximate surface area is 147 Å². The van der Waals surface area contributed by atoms with E-state index in [2.05, 4.69) is 0 Å². The van der Waals surface area contributed by atoms with E-state index in [1.54, 1.807) is 18.2 Å². The molecule has 2 rings (SSSR count). The molecule has 6 nitrogen and oxygen atoms in total. The predicted molar refractivity (Wildman–Crippen MR) is 90.6 cm³/mol. The van der Waals surface area contributed by atoms with E-state index in [0.29, 0.717) is 15.6 Å². The average Bonchev–Trinajstić information content (AvgIpc) is 2.52. The quantitative estimate of drug-likeness (QED) is 0.458. The minimum absolute atomic E-state index is 0.0320. The number of nitrogens with zero attached hydrogens (tertiary/aromatic N) is 1. The van der Waals surface area contributed by atoms with Gasteiger partial charge in [0.25, 0.3) is 5.69 Å². The molecule has 2 aromatic carbocycles. The maximum Gasteiger partial charge on any atom is 0.328 e. The summed E-state index contributed by atoms with van der Waals surface area (Å²) in [5.41, 5.74) is 0.644. The van der Waals surface area contributed by atoms with Gasteiger partial charge in [0.1, 0.15) is 12.4 Å². The van der Waals surface area contributed by atoms with E-state index >= 15 is 0 Å². The topological polar surface area (TPSA) is 89.7 Å². The number of non-ortho nitro benzene ring substituents is 1. The average molecular weight is 368 g/mol. The molecule has 0 saturated heterocycles. The summed E-state index contributed by atoms with van der Waals surface area (Å²) in [6.07, 6.45) is 2.09. The molecule has 0 saturated carbocycles. The van der Waals surface area contributed by atoms with Crippen molar-refractivity contribution in [1.82, 2.24) is 0 Å². The minimum atomic E-state index is -1.18. The number of carbonyl (C=O) groups is 1. The highest BCUT2D eigenvalue weighted by Crippen LogP contribution is 2.29. The largest absolute Gasteiger partial charge is 0.488 e. The third-order valence-corrected chi connectivity index (χ3v) is 3.75. The second-order valence-corrected chi connectivity index (χ2v) is 5.45. The number of carboxylic acids is 1. The fourth-order valence-corrected chi connectivity index (χ4v) is 2.40. The Morgan fingerprint density at radius 3 is 2.50 bits per heavy atom. The number of hydrogen-bond acceptors (Lipinski definition) is 4. The number of halogens is 2. The van der Waals surface area contributed by atoms with Crippen LogP contribution >= 0.6 is 23.2 Å². The summed E-state index contributed by atoms with van der Waals surface area (Å²) in [6.45, 7) is 0.0320. The van der Waals surface area contributed by atoms with Gasteiger partial charge in [0.05, 0.1) is 4.92 Å². The first-order valence-corrected chi connectivity index (χ1v) is 7.39. The number of rotatable bonds is 6. The number of hydrogen-bond donors (Lipinski definition) is 1. The predicted octanol–water partition coefficient (Wildman–Crippen LogP) is 4.58. The van der Waals surface area contributed by atoms with Crippen LogP contribution in [0.5, 0.6) is 5.75 Å². The van der Waals surface area contributed by atoms with Crippen LogP contribution in [0.1, 0.15) is 11.1 Å². The Morgan fingerprint density at radius 2 is 1.92 bits per heavy atom. The zero-order valence-electron chi connectivity index (χ0n) is 12.1. The lowest BCUT2D eigenvalue weighted by Gasteiger charge is -2.11. The van der Waals surface area contributed by atoms with Crippen LogP contribution in [0.4, 0.5) is 5.69 Å². The molecule has 8 heteroatoms. The fraction of sp³-hybridized carbons (Fsp3) is 0.0625. The lowest BCUT2D eigenvalue weighted by Crippen LogP contribution is -2.00. The summed E-state index contributed by atoms with van der Waals surface area (Å²) >= 11 is 12.1. The van der Waals surface area contributed by atoms with Gasteiger partial charge in [-0.05, 0) is 24.3 Å². The highest BCUT2D eigenvalue weighted by molar-refractivity contribution is 6.35. The van der Waals surface area contributed by atoms with Crippen LogP contribution in [0, 0.1) is 10.1 Å². The van der Waals surface area contributed by atoms with Crippen LogP contribution < -0.4 is 4.74 Å². The molecule has 0 radical (unpaired) electrons. The molecule has 0 aliphatic rings. The first-order chi connectivity index (χ1) is 11.4. The van der Waals surface area contributed by atoms with Gasteiger partial charge in [-0.1, -0.05) is 29.3 Å². The van der Waals surface area contributed by atoms with Crippen LogP contribution in [-0.2, 0) is 11.4 Å². The van der Waals surface area contributed by atoms with Crippen molar-refractivity contribution in [2.24, 2.45) is 0 Å². The van der Waals surface area contributed by atoms with E-state index in [4.69, 9.17) is 33.0 Å². The molecule has 0 aromatic heterocycles.